The van der Waals surface area contributed by atoms with Crippen LogP contribution in [-0.2, 0) is 16.1 Å². The minimum atomic E-state index is -0.615. The average Bonchev–Trinajstić information content (AvgIpc) is 3.12. The van der Waals surface area contributed by atoms with Gasteiger partial charge in [0.15, 0.2) is 0 Å². The molecule has 24 heavy (non-hydrogen) atoms. The molecule has 0 radical (unpaired) electrons. The molecule has 0 bridgehead atoms. The van der Waals surface area contributed by atoms with Crippen molar-refractivity contribution in [1.82, 2.24) is 31.3 Å². The van der Waals surface area contributed by atoms with Gasteiger partial charge in [-0.3, -0.25) is 9.59 Å². The smallest absolute Gasteiger partial charge is 0.239 e. The number of tetrazole rings is 1. The highest BCUT2D eigenvalue weighted by Gasteiger charge is 2.17. The van der Waals surface area contributed by atoms with Crippen LogP contribution in [0.1, 0.15) is 19.4 Å². The van der Waals surface area contributed by atoms with Gasteiger partial charge in [0.25, 0.3) is 0 Å². The number of H-pyrrole nitrogens is 1. The molecule has 0 fully saturated rings. The number of carbonyl (C=O) groups excluding carboxylic acids is 2. The summed E-state index contributed by atoms with van der Waals surface area (Å²) in [6.45, 7) is 3.96. The molecule has 0 unspecified atom stereocenters. The quantitative estimate of drug-likeness (QED) is 0.543. The normalized spacial score (nSPS) is 12.0. The summed E-state index contributed by atoms with van der Waals surface area (Å²) in [5.41, 5.74) is 7.45. The van der Waals surface area contributed by atoms with Gasteiger partial charge in [-0.25, -0.2) is 0 Å². The molecule has 128 valence electrons. The molecule has 1 aromatic carbocycles. The lowest BCUT2D eigenvalue weighted by molar-refractivity contribution is -0.127. The third-order valence-corrected chi connectivity index (χ3v) is 3.49. The fraction of sp³-hybridized carbons (Fsp3) is 0.400. The Morgan fingerprint density at radius 3 is 2.50 bits per heavy atom. The number of amides is 2. The van der Waals surface area contributed by atoms with E-state index < -0.39 is 6.04 Å². The standard InChI is InChI=1S/C15H21N7O2/c1-9(2)13(16)15(24)18-8-12(23)17-7-10-3-5-11(6-4-10)14-19-21-22-20-14/h3-6,9,13H,7-8,16H2,1-2H3,(H,17,23)(H,18,24)(H,19,20,21,22)/t13-/m0/s1. The second kappa shape index (κ2) is 8.16. The first kappa shape index (κ1) is 17.5. The van der Waals surface area contributed by atoms with Crippen LogP contribution >= 0.6 is 0 Å². The van der Waals surface area contributed by atoms with Gasteiger partial charge in [-0.05, 0) is 16.7 Å². The zero-order chi connectivity index (χ0) is 17.5. The lowest BCUT2D eigenvalue weighted by Gasteiger charge is -2.15. The first-order valence-electron chi connectivity index (χ1n) is 7.60. The van der Waals surface area contributed by atoms with Crippen molar-refractivity contribution in [2.24, 2.45) is 11.7 Å². The summed E-state index contributed by atoms with van der Waals surface area (Å²) in [5.74, 6) is -0.0771. The van der Waals surface area contributed by atoms with Crippen molar-refractivity contribution in [2.75, 3.05) is 6.54 Å². The summed E-state index contributed by atoms with van der Waals surface area (Å²) in [6, 6.07) is 6.79. The SMILES string of the molecule is CC(C)[C@H](N)C(=O)NCC(=O)NCc1ccc(-c2nn[nH]n2)cc1. The van der Waals surface area contributed by atoms with Gasteiger partial charge in [-0.2, -0.15) is 5.21 Å². The van der Waals surface area contributed by atoms with E-state index in [0.717, 1.165) is 11.1 Å². The van der Waals surface area contributed by atoms with Crippen molar-refractivity contribution >= 4 is 11.8 Å². The van der Waals surface area contributed by atoms with Gasteiger partial charge < -0.3 is 16.4 Å². The van der Waals surface area contributed by atoms with Crippen LogP contribution in [0.25, 0.3) is 11.4 Å². The second-order valence-corrected chi connectivity index (χ2v) is 5.70. The van der Waals surface area contributed by atoms with Crippen molar-refractivity contribution in [3.63, 3.8) is 0 Å². The van der Waals surface area contributed by atoms with Crippen LogP contribution in [0.4, 0.5) is 0 Å². The fourth-order valence-corrected chi connectivity index (χ4v) is 1.91. The van der Waals surface area contributed by atoms with Crippen molar-refractivity contribution < 1.29 is 9.59 Å². The number of nitrogens with zero attached hydrogens (tertiary/aromatic N) is 3. The minimum Gasteiger partial charge on any atom is -0.350 e. The third-order valence-electron chi connectivity index (χ3n) is 3.49. The Morgan fingerprint density at radius 2 is 1.92 bits per heavy atom. The maximum Gasteiger partial charge on any atom is 0.239 e. The second-order valence-electron chi connectivity index (χ2n) is 5.70. The average molecular weight is 331 g/mol. The molecule has 1 heterocycles. The molecule has 1 atom stereocenters. The molecule has 0 aliphatic rings. The van der Waals surface area contributed by atoms with E-state index in [4.69, 9.17) is 5.73 Å². The first-order chi connectivity index (χ1) is 11.5. The number of rotatable bonds is 7. The number of nitrogens with one attached hydrogen (secondary N) is 3. The molecule has 5 N–H and O–H groups in total. The van der Waals surface area contributed by atoms with Crippen LogP contribution in [0.2, 0.25) is 0 Å². The van der Waals surface area contributed by atoms with E-state index in [-0.39, 0.29) is 24.3 Å². The number of aromatic nitrogens is 4. The van der Waals surface area contributed by atoms with Gasteiger partial charge in [-0.15, -0.1) is 10.2 Å². The van der Waals surface area contributed by atoms with Crippen LogP contribution < -0.4 is 16.4 Å². The highest BCUT2D eigenvalue weighted by Crippen LogP contribution is 2.13. The monoisotopic (exact) mass is 331 g/mol. The third kappa shape index (κ3) is 4.85. The van der Waals surface area contributed by atoms with Crippen molar-refractivity contribution in [1.29, 1.82) is 0 Å². The number of hydrogen-bond acceptors (Lipinski definition) is 6. The number of benzene rings is 1. The minimum absolute atomic E-state index is 0.0192. The molecule has 1 aromatic heterocycles. The summed E-state index contributed by atoms with van der Waals surface area (Å²) in [7, 11) is 0. The van der Waals surface area contributed by atoms with E-state index in [0.29, 0.717) is 12.4 Å². The van der Waals surface area contributed by atoms with Crippen molar-refractivity contribution in [3.8, 4) is 11.4 Å². The molecular formula is C15H21N7O2. The topological polar surface area (TPSA) is 139 Å². The van der Waals surface area contributed by atoms with Crippen LogP contribution in [0.3, 0.4) is 0 Å². The van der Waals surface area contributed by atoms with E-state index >= 15 is 0 Å². The summed E-state index contributed by atoms with van der Waals surface area (Å²) in [4.78, 5) is 23.4. The summed E-state index contributed by atoms with van der Waals surface area (Å²) in [5, 5.41) is 18.9. The Labute approximate surface area is 139 Å². The first-order valence-corrected chi connectivity index (χ1v) is 7.60. The highest BCUT2D eigenvalue weighted by atomic mass is 16.2. The Bertz CT molecular complexity index is 668. The van der Waals surface area contributed by atoms with Gasteiger partial charge >= 0.3 is 0 Å². The number of carbonyl (C=O) groups is 2. The van der Waals surface area contributed by atoms with Crippen molar-refractivity contribution in [3.05, 3.63) is 29.8 Å². The molecule has 2 rings (SSSR count). The molecule has 9 nitrogen and oxygen atoms in total. The summed E-state index contributed by atoms with van der Waals surface area (Å²) in [6.07, 6.45) is 0. The molecule has 0 aliphatic heterocycles. The molecule has 0 spiro atoms. The number of nitrogens with two attached hydrogens (primary N) is 1. The number of aromatic amines is 1. The maximum atomic E-state index is 11.8. The molecule has 0 saturated carbocycles. The highest BCUT2D eigenvalue weighted by molar-refractivity contribution is 5.87. The van der Waals surface area contributed by atoms with Gasteiger partial charge in [0.1, 0.15) is 0 Å². The van der Waals surface area contributed by atoms with Gasteiger partial charge in [0, 0.05) is 12.1 Å². The Morgan fingerprint density at radius 1 is 1.21 bits per heavy atom. The van der Waals surface area contributed by atoms with Gasteiger partial charge in [0.2, 0.25) is 17.6 Å². The van der Waals surface area contributed by atoms with E-state index in [9.17, 15) is 9.59 Å². The van der Waals surface area contributed by atoms with Crippen LogP contribution in [0.5, 0.6) is 0 Å². The Kier molecular flexibility index (Phi) is 5.96. The van der Waals surface area contributed by atoms with E-state index in [1.54, 1.807) is 0 Å². The largest absolute Gasteiger partial charge is 0.350 e. The molecule has 0 aliphatic carbocycles. The fourth-order valence-electron chi connectivity index (χ4n) is 1.91. The number of hydrogen-bond donors (Lipinski definition) is 4. The van der Waals surface area contributed by atoms with Crippen LogP contribution in [0.15, 0.2) is 24.3 Å². The predicted molar refractivity (Wildman–Crippen MR) is 87.3 cm³/mol. The molecule has 9 heteroatoms. The van der Waals surface area contributed by atoms with E-state index in [1.165, 1.54) is 0 Å². The lowest BCUT2D eigenvalue weighted by atomic mass is 10.1. The van der Waals surface area contributed by atoms with Crippen LogP contribution in [-0.4, -0.2) is 45.0 Å². The lowest BCUT2D eigenvalue weighted by Crippen LogP contribution is -2.47. The van der Waals surface area contributed by atoms with Gasteiger partial charge in [0.05, 0.1) is 12.6 Å². The van der Waals surface area contributed by atoms with E-state index in [2.05, 4.69) is 31.3 Å². The van der Waals surface area contributed by atoms with Gasteiger partial charge in [-0.1, -0.05) is 38.1 Å². The van der Waals surface area contributed by atoms with Crippen molar-refractivity contribution in [2.45, 2.75) is 26.4 Å². The van der Waals surface area contributed by atoms with E-state index in [1.807, 2.05) is 38.1 Å². The Balaban J connectivity index is 1.77. The van der Waals surface area contributed by atoms with Crippen LogP contribution in [0, 0.1) is 5.92 Å². The molecule has 2 amide bonds. The molecule has 2 aromatic rings. The maximum absolute atomic E-state index is 11.8. The molecule has 0 saturated heterocycles. The Hall–Kier alpha value is -2.81. The zero-order valence-corrected chi connectivity index (χ0v) is 13.6. The zero-order valence-electron chi connectivity index (χ0n) is 13.6. The predicted octanol–water partition coefficient (Wildman–Crippen LogP) is -0.418. The summed E-state index contributed by atoms with van der Waals surface area (Å²) >= 11 is 0. The molecular weight excluding hydrogens is 310 g/mol. The summed E-state index contributed by atoms with van der Waals surface area (Å²) < 4.78 is 0.